The van der Waals surface area contributed by atoms with Crippen LogP contribution in [0.15, 0.2) is 84.9 Å². The first-order valence-corrected chi connectivity index (χ1v) is 12.1. The van der Waals surface area contributed by atoms with E-state index in [9.17, 15) is 9.59 Å². The predicted molar refractivity (Wildman–Crippen MR) is 141 cm³/mol. The number of hydrogen-bond acceptors (Lipinski definition) is 5. The molecule has 0 aliphatic heterocycles. The van der Waals surface area contributed by atoms with Crippen molar-refractivity contribution in [1.82, 2.24) is 5.32 Å². The standard InChI is InChI=1S/C28H30N2O4S/c31-26(14-7-15-27(32)33-20-8-13-22-9-3-1-4-10-22)30-28(35)29-24-16-18-25(19-17-24)34-21-23-11-5-2-6-12-23/h1-6,9-12,16-19H,7-8,13-15,20-21H2,(H2,29,30,31,35). The molecule has 1 amide bonds. The molecular formula is C28H30N2O4S. The molecule has 0 atom stereocenters. The van der Waals surface area contributed by atoms with E-state index in [4.69, 9.17) is 21.7 Å². The van der Waals surface area contributed by atoms with E-state index in [1.54, 1.807) is 0 Å². The van der Waals surface area contributed by atoms with Gasteiger partial charge in [0.25, 0.3) is 0 Å². The van der Waals surface area contributed by atoms with Crippen LogP contribution >= 0.6 is 12.2 Å². The number of ether oxygens (including phenoxy) is 2. The van der Waals surface area contributed by atoms with E-state index >= 15 is 0 Å². The molecule has 0 radical (unpaired) electrons. The molecule has 2 N–H and O–H groups in total. The summed E-state index contributed by atoms with van der Waals surface area (Å²) in [5.74, 6) is 0.199. The molecule has 3 aromatic carbocycles. The number of nitrogens with one attached hydrogen (secondary N) is 2. The number of benzene rings is 3. The minimum absolute atomic E-state index is 0.188. The third-order valence-electron chi connectivity index (χ3n) is 5.11. The van der Waals surface area contributed by atoms with Crippen LogP contribution in [0.3, 0.4) is 0 Å². The molecule has 0 spiro atoms. The Kier molecular flexibility index (Phi) is 10.8. The van der Waals surface area contributed by atoms with Gasteiger partial charge in [-0.3, -0.25) is 9.59 Å². The molecule has 0 aliphatic carbocycles. The smallest absolute Gasteiger partial charge is 0.305 e. The summed E-state index contributed by atoms with van der Waals surface area (Å²) in [4.78, 5) is 24.0. The molecular weight excluding hydrogens is 460 g/mol. The second-order valence-electron chi connectivity index (χ2n) is 7.96. The second-order valence-corrected chi connectivity index (χ2v) is 8.37. The van der Waals surface area contributed by atoms with Gasteiger partial charge in [-0.05, 0) is 66.9 Å². The quantitative estimate of drug-likeness (QED) is 0.200. The Balaban J connectivity index is 1.26. The molecule has 0 heterocycles. The Bertz CT molecular complexity index is 1070. The van der Waals surface area contributed by atoms with E-state index in [1.807, 2.05) is 72.8 Å². The summed E-state index contributed by atoms with van der Waals surface area (Å²) in [5, 5.41) is 5.81. The number of anilines is 1. The lowest BCUT2D eigenvalue weighted by Crippen LogP contribution is -2.34. The minimum Gasteiger partial charge on any atom is -0.489 e. The number of aryl methyl sites for hydroxylation is 1. The molecule has 0 aromatic heterocycles. The summed E-state index contributed by atoms with van der Waals surface area (Å²) in [6.45, 7) is 0.868. The molecule has 7 heteroatoms. The number of rotatable bonds is 12. The molecule has 0 bridgehead atoms. The Labute approximate surface area is 211 Å². The zero-order valence-electron chi connectivity index (χ0n) is 19.6. The molecule has 0 saturated heterocycles. The molecule has 0 unspecified atom stereocenters. The van der Waals surface area contributed by atoms with Gasteiger partial charge in [0.2, 0.25) is 5.91 Å². The third kappa shape index (κ3) is 10.4. The van der Waals surface area contributed by atoms with Crippen molar-refractivity contribution < 1.29 is 19.1 Å². The van der Waals surface area contributed by atoms with Crippen molar-refractivity contribution >= 4 is 34.9 Å². The fraction of sp³-hybridized carbons (Fsp3) is 0.250. The SMILES string of the molecule is O=C(CCCC(=O)OCCCc1ccccc1)NC(=S)Nc1ccc(OCc2ccccc2)cc1. The highest BCUT2D eigenvalue weighted by Gasteiger charge is 2.08. The number of carbonyl (C=O) groups is 2. The van der Waals surface area contributed by atoms with Crippen LogP contribution < -0.4 is 15.4 Å². The summed E-state index contributed by atoms with van der Waals surface area (Å²) in [5.41, 5.74) is 3.05. The van der Waals surface area contributed by atoms with Crippen molar-refractivity contribution in [2.24, 2.45) is 0 Å². The topological polar surface area (TPSA) is 76.7 Å². The van der Waals surface area contributed by atoms with Gasteiger partial charge in [0.05, 0.1) is 6.61 Å². The molecule has 3 rings (SSSR count). The van der Waals surface area contributed by atoms with Crippen molar-refractivity contribution in [1.29, 1.82) is 0 Å². The lowest BCUT2D eigenvalue weighted by atomic mass is 10.1. The van der Waals surface area contributed by atoms with E-state index in [-0.39, 0.29) is 29.8 Å². The summed E-state index contributed by atoms with van der Waals surface area (Å²) in [7, 11) is 0. The van der Waals surface area contributed by atoms with Crippen molar-refractivity contribution in [3.63, 3.8) is 0 Å². The van der Waals surface area contributed by atoms with Gasteiger partial charge >= 0.3 is 5.97 Å². The first kappa shape index (κ1) is 25.9. The number of hydrogen-bond donors (Lipinski definition) is 2. The van der Waals surface area contributed by atoms with E-state index < -0.39 is 0 Å². The van der Waals surface area contributed by atoms with Crippen molar-refractivity contribution in [3.05, 3.63) is 96.1 Å². The van der Waals surface area contributed by atoms with Gasteiger partial charge in [0, 0.05) is 18.5 Å². The molecule has 0 saturated carbocycles. The van der Waals surface area contributed by atoms with E-state index in [2.05, 4.69) is 22.8 Å². The maximum atomic E-state index is 12.1. The van der Waals surface area contributed by atoms with Crippen LogP contribution in [0.25, 0.3) is 0 Å². The molecule has 0 aliphatic rings. The zero-order chi connectivity index (χ0) is 24.7. The summed E-state index contributed by atoms with van der Waals surface area (Å²) in [6.07, 6.45) is 2.43. The predicted octanol–water partition coefficient (Wildman–Crippen LogP) is 5.42. The zero-order valence-corrected chi connectivity index (χ0v) is 20.4. The summed E-state index contributed by atoms with van der Waals surface area (Å²) < 4.78 is 11.0. The molecule has 0 fully saturated rings. The van der Waals surface area contributed by atoms with Crippen molar-refractivity contribution in [3.8, 4) is 5.75 Å². The number of thiocarbonyl (C=S) groups is 1. The number of amides is 1. The van der Waals surface area contributed by atoms with Gasteiger partial charge in [-0.1, -0.05) is 60.7 Å². The average Bonchev–Trinajstić information content (AvgIpc) is 2.87. The van der Waals surface area contributed by atoms with E-state index in [0.717, 1.165) is 29.8 Å². The Hall–Kier alpha value is -3.71. The molecule has 35 heavy (non-hydrogen) atoms. The first-order valence-electron chi connectivity index (χ1n) is 11.7. The normalized spacial score (nSPS) is 10.3. The average molecular weight is 491 g/mol. The lowest BCUT2D eigenvalue weighted by Gasteiger charge is -2.11. The van der Waals surface area contributed by atoms with Gasteiger partial charge in [0.15, 0.2) is 5.11 Å². The van der Waals surface area contributed by atoms with Gasteiger partial charge < -0.3 is 20.1 Å². The van der Waals surface area contributed by atoms with Gasteiger partial charge in [-0.2, -0.15) is 0 Å². The Morgan fingerprint density at radius 3 is 2.11 bits per heavy atom. The van der Waals surface area contributed by atoms with Crippen LogP contribution in [0.5, 0.6) is 5.75 Å². The highest BCUT2D eigenvalue weighted by molar-refractivity contribution is 7.80. The maximum absolute atomic E-state index is 12.1. The van der Waals surface area contributed by atoms with Crippen molar-refractivity contribution in [2.45, 2.75) is 38.7 Å². The van der Waals surface area contributed by atoms with Crippen LogP contribution in [0.2, 0.25) is 0 Å². The lowest BCUT2D eigenvalue weighted by molar-refractivity contribution is -0.143. The fourth-order valence-corrected chi connectivity index (χ4v) is 3.53. The number of carbonyl (C=O) groups excluding carboxylic acids is 2. The van der Waals surface area contributed by atoms with Crippen LogP contribution in [0.1, 0.15) is 36.8 Å². The largest absolute Gasteiger partial charge is 0.489 e. The minimum atomic E-state index is -0.291. The maximum Gasteiger partial charge on any atom is 0.305 e. The van der Waals surface area contributed by atoms with E-state index in [1.165, 1.54) is 5.56 Å². The van der Waals surface area contributed by atoms with Gasteiger partial charge in [-0.15, -0.1) is 0 Å². The highest BCUT2D eigenvalue weighted by atomic mass is 32.1. The molecule has 3 aromatic rings. The number of esters is 1. The molecule has 6 nitrogen and oxygen atoms in total. The van der Waals surface area contributed by atoms with Crippen LogP contribution in [0.4, 0.5) is 5.69 Å². The Morgan fingerprint density at radius 1 is 0.771 bits per heavy atom. The fourth-order valence-electron chi connectivity index (χ4n) is 3.30. The highest BCUT2D eigenvalue weighted by Crippen LogP contribution is 2.17. The monoisotopic (exact) mass is 490 g/mol. The summed E-state index contributed by atoms with van der Waals surface area (Å²) >= 11 is 5.21. The van der Waals surface area contributed by atoms with Gasteiger partial charge in [0.1, 0.15) is 12.4 Å². The van der Waals surface area contributed by atoms with E-state index in [0.29, 0.717) is 19.6 Å². The second kappa shape index (κ2) is 14.5. The Morgan fingerprint density at radius 2 is 1.43 bits per heavy atom. The first-order chi connectivity index (χ1) is 17.1. The van der Waals surface area contributed by atoms with Crippen LogP contribution in [-0.2, 0) is 27.4 Å². The van der Waals surface area contributed by atoms with Crippen LogP contribution in [-0.4, -0.2) is 23.6 Å². The summed E-state index contributed by atoms with van der Waals surface area (Å²) in [6, 6.07) is 27.3. The van der Waals surface area contributed by atoms with Crippen LogP contribution in [0, 0.1) is 0 Å². The third-order valence-corrected chi connectivity index (χ3v) is 5.32. The molecule has 182 valence electrons. The van der Waals surface area contributed by atoms with Gasteiger partial charge in [-0.25, -0.2) is 0 Å². The van der Waals surface area contributed by atoms with Crippen molar-refractivity contribution in [2.75, 3.05) is 11.9 Å².